The summed E-state index contributed by atoms with van der Waals surface area (Å²) in [5.41, 5.74) is 2.72. The molecular weight excluding hydrogens is 208 g/mol. The second-order valence-electron chi connectivity index (χ2n) is 5.91. The normalized spacial score (nSPS) is 13.0. The number of ether oxygens (including phenoxy) is 1. The van der Waals surface area contributed by atoms with Crippen molar-refractivity contribution in [2.75, 3.05) is 0 Å². The zero-order chi connectivity index (χ0) is 13.1. The van der Waals surface area contributed by atoms with E-state index in [0.717, 1.165) is 5.75 Å². The molecule has 0 aliphatic carbocycles. The van der Waals surface area contributed by atoms with E-state index < -0.39 is 0 Å². The Kier molecular flexibility index (Phi) is 4.39. The number of hydrogen-bond acceptors (Lipinski definition) is 1. The summed E-state index contributed by atoms with van der Waals surface area (Å²) in [5, 5.41) is 0. The van der Waals surface area contributed by atoms with E-state index in [0.29, 0.717) is 5.92 Å². The minimum absolute atomic E-state index is 0.163. The van der Waals surface area contributed by atoms with Gasteiger partial charge in [0.1, 0.15) is 5.75 Å². The van der Waals surface area contributed by atoms with E-state index in [-0.39, 0.29) is 5.41 Å². The van der Waals surface area contributed by atoms with Crippen molar-refractivity contribution in [2.45, 2.75) is 47.0 Å². The van der Waals surface area contributed by atoms with Crippen LogP contribution in [0.4, 0.5) is 0 Å². The molecule has 1 aromatic rings. The fourth-order valence-electron chi connectivity index (χ4n) is 1.33. The van der Waals surface area contributed by atoms with Gasteiger partial charge in [0.05, 0.1) is 6.26 Å². The van der Waals surface area contributed by atoms with Crippen molar-refractivity contribution >= 4 is 0 Å². The van der Waals surface area contributed by atoms with E-state index in [1.165, 1.54) is 11.1 Å². The van der Waals surface area contributed by atoms with Gasteiger partial charge in [0, 0.05) is 0 Å². The van der Waals surface area contributed by atoms with E-state index in [1.54, 1.807) is 0 Å². The lowest BCUT2D eigenvalue weighted by atomic mass is 9.87. The third-order valence-corrected chi connectivity index (χ3v) is 2.99. The second-order valence-corrected chi connectivity index (χ2v) is 5.91. The van der Waals surface area contributed by atoms with Gasteiger partial charge in [-0.15, -0.1) is 0 Å². The maximum atomic E-state index is 5.70. The lowest BCUT2D eigenvalue weighted by Gasteiger charge is -2.19. The summed E-state index contributed by atoms with van der Waals surface area (Å²) in [6, 6.07) is 8.31. The molecule has 1 rings (SSSR count). The van der Waals surface area contributed by atoms with Crippen molar-refractivity contribution in [1.29, 1.82) is 0 Å². The molecule has 0 bridgehead atoms. The van der Waals surface area contributed by atoms with Crippen molar-refractivity contribution in [3.8, 4) is 5.75 Å². The van der Waals surface area contributed by atoms with Crippen molar-refractivity contribution in [2.24, 2.45) is 5.92 Å². The Bertz CT molecular complexity index is 394. The average Bonchev–Trinajstić information content (AvgIpc) is 2.25. The molecule has 0 radical (unpaired) electrons. The topological polar surface area (TPSA) is 9.23 Å². The summed E-state index contributed by atoms with van der Waals surface area (Å²) in [7, 11) is 0. The molecule has 17 heavy (non-hydrogen) atoms. The van der Waals surface area contributed by atoms with Gasteiger partial charge in [-0.25, -0.2) is 0 Å². The number of rotatable bonds is 3. The minimum Gasteiger partial charge on any atom is -0.465 e. The monoisotopic (exact) mass is 232 g/mol. The van der Waals surface area contributed by atoms with Crippen LogP contribution in [0.2, 0.25) is 0 Å². The summed E-state index contributed by atoms with van der Waals surface area (Å²) in [6.45, 7) is 13.1. The van der Waals surface area contributed by atoms with E-state index in [9.17, 15) is 0 Å². The van der Waals surface area contributed by atoms with E-state index >= 15 is 0 Å². The molecule has 1 heteroatoms. The van der Waals surface area contributed by atoms with Gasteiger partial charge in [-0.3, -0.25) is 0 Å². The third kappa shape index (κ3) is 4.26. The zero-order valence-electron chi connectivity index (χ0n) is 11.9. The van der Waals surface area contributed by atoms with Gasteiger partial charge in [-0.1, -0.05) is 46.8 Å². The highest BCUT2D eigenvalue weighted by Crippen LogP contribution is 2.25. The molecule has 0 fully saturated rings. The summed E-state index contributed by atoms with van der Waals surface area (Å²) in [5.74, 6) is 1.44. The maximum absolute atomic E-state index is 5.70. The lowest BCUT2D eigenvalue weighted by molar-refractivity contribution is 0.464. The van der Waals surface area contributed by atoms with Crippen molar-refractivity contribution in [3.05, 3.63) is 41.7 Å². The molecule has 1 aromatic carbocycles. The predicted molar refractivity (Wildman–Crippen MR) is 74.4 cm³/mol. The summed E-state index contributed by atoms with van der Waals surface area (Å²) in [4.78, 5) is 0. The van der Waals surface area contributed by atoms with Crippen LogP contribution in [0.5, 0.6) is 5.75 Å². The summed E-state index contributed by atoms with van der Waals surface area (Å²) in [6.07, 6.45) is 1.85. The lowest BCUT2D eigenvalue weighted by Crippen LogP contribution is -2.10. The number of benzene rings is 1. The average molecular weight is 232 g/mol. The molecular formula is C16H24O. The molecule has 0 N–H and O–H groups in total. The van der Waals surface area contributed by atoms with Crippen molar-refractivity contribution in [3.63, 3.8) is 0 Å². The second kappa shape index (κ2) is 5.39. The van der Waals surface area contributed by atoms with Crippen LogP contribution in [-0.4, -0.2) is 0 Å². The Morgan fingerprint density at radius 2 is 1.88 bits per heavy atom. The van der Waals surface area contributed by atoms with Gasteiger partial charge in [-0.05, 0) is 41.5 Å². The van der Waals surface area contributed by atoms with Crippen LogP contribution in [0, 0.1) is 5.92 Å². The van der Waals surface area contributed by atoms with Crippen LogP contribution in [0.15, 0.2) is 36.1 Å². The van der Waals surface area contributed by atoms with Gasteiger partial charge in [0.25, 0.3) is 0 Å². The molecule has 0 saturated heterocycles. The molecule has 0 heterocycles. The Hall–Kier alpha value is -1.24. The Morgan fingerprint density at radius 3 is 2.41 bits per heavy atom. The molecule has 0 amide bonds. The minimum atomic E-state index is 0.163. The molecule has 1 nitrogen and oxygen atoms in total. The van der Waals surface area contributed by atoms with E-state index in [2.05, 4.69) is 59.7 Å². The largest absolute Gasteiger partial charge is 0.465 e. The standard InChI is InChI=1S/C16H24O/c1-12(2)13(3)11-17-15-9-7-8-14(10-15)16(4,5)6/h7-12H,1-6H3/b13-11+. The van der Waals surface area contributed by atoms with Crippen LogP contribution >= 0.6 is 0 Å². The fourth-order valence-corrected chi connectivity index (χ4v) is 1.33. The summed E-state index contributed by atoms with van der Waals surface area (Å²) < 4.78 is 5.70. The molecule has 0 aromatic heterocycles. The highest BCUT2D eigenvalue weighted by atomic mass is 16.5. The van der Waals surface area contributed by atoms with Gasteiger partial charge in [-0.2, -0.15) is 0 Å². The van der Waals surface area contributed by atoms with Gasteiger partial charge in [0.15, 0.2) is 0 Å². The smallest absolute Gasteiger partial charge is 0.126 e. The third-order valence-electron chi connectivity index (χ3n) is 2.99. The first kappa shape index (κ1) is 13.8. The molecule has 0 unspecified atom stereocenters. The molecule has 94 valence electrons. The quantitative estimate of drug-likeness (QED) is 0.672. The van der Waals surface area contributed by atoms with Gasteiger partial charge >= 0.3 is 0 Å². The Balaban J connectivity index is 2.84. The molecule has 0 atom stereocenters. The number of allylic oxidation sites excluding steroid dienone is 1. The first-order chi connectivity index (χ1) is 7.80. The van der Waals surface area contributed by atoms with Crippen LogP contribution < -0.4 is 4.74 Å². The molecule has 0 spiro atoms. The Labute approximate surface area is 106 Å². The molecule has 0 saturated carbocycles. The van der Waals surface area contributed by atoms with Crippen molar-refractivity contribution in [1.82, 2.24) is 0 Å². The molecule has 0 aliphatic heterocycles. The zero-order valence-corrected chi connectivity index (χ0v) is 11.9. The Morgan fingerprint density at radius 1 is 1.24 bits per heavy atom. The highest BCUT2D eigenvalue weighted by Gasteiger charge is 2.13. The predicted octanol–water partition coefficient (Wildman–Crippen LogP) is 4.92. The van der Waals surface area contributed by atoms with Crippen LogP contribution in [0.1, 0.15) is 47.1 Å². The van der Waals surface area contributed by atoms with Crippen molar-refractivity contribution < 1.29 is 4.74 Å². The SMILES string of the molecule is C/C(=C\Oc1cccc(C(C)(C)C)c1)C(C)C. The molecule has 0 aliphatic rings. The first-order valence-electron chi connectivity index (χ1n) is 6.24. The fraction of sp³-hybridized carbons (Fsp3) is 0.500. The van der Waals surface area contributed by atoms with Crippen LogP contribution in [0.25, 0.3) is 0 Å². The van der Waals surface area contributed by atoms with Crippen LogP contribution in [-0.2, 0) is 5.41 Å². The maximum Gasteiger partial charge on any atom is 0.126 e. The summed E-state index contributed by atoms with van der Waals surface area (Å²) >= 11 is 0. The van der Waals surface area contributed by atoms with E-state index in [4.69, 9.17) is 4.74 Å². The van der Waals surface area contributed by atoms with Gasteiger partial charge in [0.2, 0.25) is 0 Å². The number of hydrogen-bond donors (Lipinski definition) is 0. The van der Waals surface area contributed by atoms with Gasteiger partial charge < -0.3 is 4.74 Å². The van der Waals surface area contributed by atoms with E-state index in [1.807, 2.05) is 12.3 Å². The first-order valence-corrected chi connectivity index (χ1v) is 6.24. The highest BCUT2D eigenvalue weighted by molar-refractivity contribution is 5.33. The van der Waals surface area contributed by atoms with Crippen LogP contribution in [0.3, 0.4) is 0 Å².